The largest absolute Gasteiger partial charge is 0.496 e. The molecular formula is C34H24F3N3O5S2. The van der Waals surface area contributed by atoms with Gasteiger partial charge in [-0.1, -0.05) is 89.8 Å². The van der Waals surface area contributed by atoms with Gasteiger partial charge in [-0.05, 0) is 29.7 Å². The van der Waals surface area contributed by atoms with Gasteiger partial charge in [0.15, 0.2) is 0 Å². The summed E-state index contributed by atoms with van der Waals surface area (Å²) >= 11 is 1.76. The van der Waals surface area contributed by atoms with E-state index in [1.807, 2.05) is 30.3 Å². The molecule has 0 saturated carbocycles. The average molecular weight is 676 g/mol. The number of ether oxygens (including phenoxy) is 1. The fourth-order valence-corrected chi connectivity index (χ4v) is 9.09. The van der Waals surface area contributed by atoms with Crippen LogP contribution in [0.15, 0.2) is 101 Å². The van der Waals surface area contributed by atoms with E-state index < -0.39 is 57.1 Å². The minimum absolute atomic E-state index is 0.303. The van der Waals surface area contributed by atoms with Crippen molar-refractivity contribution in [3.63, 3.8) is 0 Å². The molecule has 0 aliphatic carbocycles. The van der Waals surface area contributed by atoms with E-state index >= 15 is 0 Å². The maximum atomic E-state index is 14.1. The zero-order valence-corrected chi connectivity index (χ0v) is 26.1. The molecule has 8 nitrogen and oxygen atoms in total. The number of amides is 3. The highest BCUT2D eigenvalue weighted by molar-refractivity contribution is 8.00. The third kappa shape index (κ3) is 5.19. The molecule has 3 heterocycles. The number of fused-ring (bicyclic) bond motifs is 3. The van der Waals surface area contributed by atoms with Crippen LogP contribution in [0.1, 0.15) is 21.9 Å². The molecule has 4 aromatic carbocycles. The summed E-state index contributed by atoms with van der Waals surface area (Å²) in [4.78, 5) is 55.6. The number of carbonyl (C=O) groups is 3. The van der Waals surface area contributed by atoms with E-state index in [0.29, 0.717) is 31.8 Å². The molecule has 2 aliphatic rings. The summed E-state index contributed by atoms with van der Waals surface area (Å²) < 4.78 is 49.0. The summed E-state index contributed by atoms with van der Waals surface area (Å²) in [6.07, 6.45) is -4.82. The molecule has 13 heteroatoms. The Labute approximate surface area is 273 Å². The van der Waals surface area contributed by atoms with E-state index in [4.69, 9.17) is 4.74 Å². The Morgan fingerprint density at radius 3 is 2.38 bits per heavy atom. The number of aromatic nitrogens is 1. The Kier molecular flexibility index (Phi) is 7.68. The van der Waals surface area contributed by atoms with Crippen molar-refractivity contribution < 1.29 is 32.3 Å². The Morgan fingerprint density at radius 2 is 1.60 bits per heavy atom. The summed E-state index contributed by atoms with van der Waals surface area (Å²) in [5.41, 5.74) is -0.623. The van der Waals surface area contributed by atoms with Crippen LogP contribution in [0.2, 0.25) is 0 Å². The molecule has 0 bridgehead atoms. The number of halogens is 3. The Morgan fingerprint density at radius 1 is 0.894 bits per heavy atom. The Bertz CT molecular complexity index is 2140. The topological polar surface area (TPSA) is 97.7 Å². The van der Waals surface area contributed by atoms with E-state index in [1.165, 1.54) is 23.8 Å². The van der Waals surface area contributed by atoms with Gasteiger partial charge in [0.1, 0.15) is 17.5 Å². The lowest BCUT2D eigenvalue weighted by Gasteiger charge is -2.31. The van der Waals surface area contributed by atoms with E-state index in [0.717, 1.165) is 46.0 Å². The zero-order valence-electron chi connectivity index (χ0n) is 24.5. The molecule has 1 N–H and O–H groups in total. The minimum atomic E-state index is -4.82. The number of thiazole rings is 1. The van der Waals surface area contributed by atoms with Crippen LogP contribution in [0.25, 0.3) is 10.8 Å². The fourth-order valence-electron chi connectivity index (χ4n) is 6.33. The third-order valence-electron chi connectivity index (χ3n) is 8.34. The third-order valence-corrected chi connectivity index (χ3v) is 10.9. The smallest absolute Gasteiger partial charge is 0.418 e. The normalized spacial score (nSPS) is 19.1. The SMILES string of the molecule is COc1ccccc1C1c2sc(=O)n(CC(=O)Nc3cccc4ccccc34)c2SC2C(=O)N(c3ccccc3C(F)(F)F)C(=O)C21. The Hall–Kier alpha value is -4.88. The molecule has 3 atom stereocenters. The van der Waals surface area contributed by atoms with Gasteiger partial charge in [-0.25, -0.2) is 4.90 Å². The van der Waals surface area contributed by atoms with Crippen molar-refractivity contribution in [2.45, 2.75) is 28.9 Å². The summed E-state index contributed by atoms with van der Waals surface area (Å²) in [7, 11) is 1.44. The number of anilines is 2. The van der Waals surface area contributed by atoms with Gasteiger partial charge in [0.2, 0.25) is 17.7 Å². The van der Waals surface area contributed by atoms with Crippen molar-refractivity contribution in [2.24, 2.45) is 5.92 Å². The molecule has 5 aromatic rings. The van der Waals surface area contributed by atoms with Crippen molar-refractivity contribution in [1.82, 2.24) is 4.57 Å². The fraction of sp³-hybridized carbons (Fsp3) is 0.176. The molecular weight excluding hydrogens is 652 g/mol. The van der Waals surface area contributed by atoms with E-state index in [2.05, 4.69) is 5.32 Å². The van der Waals surface area contributed by atoms with Gasteiger partial charge in [-0.2, -0.15) is 13.2 Å². The molecule has 1 aromatic heterocycles. The standard InChI is InChI=1S/C34H24F3N3O5S2/c1-45-24-16-7-4-12-20(24)26-27-28(31(43)40(30(27)42)23-15-6-5-13-21(23)34(35,36)37)46-32-29(26)47-33(44)39(32)17-25(41)38-22-14-8-10-18-9-2-3-11-19(18)22/h2-16,26-28H,17H2,1H3,(H,38,41). The number of nitrogens with one attached hydrogen (secondary N) is 1. The number of alkyl halides is 3. The number of benzene rings is 4. The molecule has 2 aliphatic heterocycles. The quantitative estimate of drug-likeness (QED) is 0.206. The number of methoxy groups -OCH3 is 1. The molecule has 1 fully saturated rings. The van der Waals surface area contributed by atoms with Crippen molar-refractivity contribution in [3.8, 4) is 5.75 Å². The number of hydrogen-bond donors (Lipinski definition) is 1. The lowest BCUT2D eigenvalue weighted by Crippen LogP contribution is -2.33. The highest BCUT2D eigenvalue weighted by Gasteiger charge is 2.58. The second kappa shape index (κ2) is 11.7. The van der Waals surface area contributed by atoms with E-state index in [-0.39, 0.29) is 6.54 Å². The van der Waals surface area contributed by atoms with Crippen molar-refractivity contribution >= 4 is 63.0 Å². The molecule has 1 saturated heterocycles. The number of thioether (sulfide) groups is 1. The van der Waals surface area contributed by atoms with Crippen LogP contribution in [0.4, 0.5) is 24.5 Å². The van der Waals surface area contributed by atoms with Crippen molar-refractivity contribution in [2.75, 3.05) is 17.3 Å². The van der Waals surface area contributed by atoms with Crippen LogP contribution in [0.3, 0.4) is 0 Å². The molecule has 7 rings (SSSR count). The van der Waals surface area contributed by atoms with Crippen LogP contribution in [-0.2, 0) is 27.1 Å². The number of hydrogen-bond acceptors (Lipinski definition) is 7. The molecule has 47 heavy (non-hydrogen) atoms. The zero-order chi connectivity index (χ0) is 33.0. The van der Waals surface area contributed by atoms with Gasteiger partial charge in [0.25, 0.3) is 0 Å². The lowest BCUT2D eigenvalue weighted by molar-refractivity contribution is -0.137. The first-order valence-corrected chi connectivity index (χ1v) is 16.1. The highest BCUT2D eigenvalue weighted by atomic mass is 32.2. The molecule has 238 valence electrons. The molecule has 0 spiro atoms. The second-order valence-corrected chi connectivity index (χ2v) is 13.1. The van der Waals surface area contributed by atoms with Crippen LogP contribution < -0.4 is 19.8 Å². The first-order chi connectivity index (χ1) is 22.6. The maximum Gasteiger partial charge on any atom is 0.418 e. The second-order valence-electron chi connectivity index (χ2n) is 11.0. The van der Waals surface area contributed by atoms with Gasteiger partial charge in [-0.15, -0.1) is 0 Å². The van der Waals surface area contributed by atoms with E-state index in [1.54, 1.807) is 36.4 Å². The van der Waals surface area contributed by atoms with Gasteiger partial charge in [-0.3, -0.25) is 23.7 Å². The summed E-state index contributed by atoms with van der Waals surface area (Å²) in [6, 6.07) is 24.2. The van der Waals surface area contributed by atoms with Gasteiger partial charge >= 0.3 is 11.0 Å². The number of imide groups is 1. The van der Waals surface area contributed by atoms with Crippen LogP contribution in [0, 0.1) is 5.92 Å². The monoisotopic (exact) mass is 675 g/mol. The van der Waals surface area contributed by atoms with Crippen LogP contribution in [-0.4, -0.2) is 34.6 Å². The number of carbonyl (C=O) groups excluding carboxylic acids is 3. The molecule has 0 radical (unpaired) electrons. The number of rotatable bonds is 6. The van der Waals surface area contributed by atoms with Gasteiger partial charge < -0.3 is 10.1 Å². The predicted molar refractivity (Wildman–Crippen MR) is 173 cm³/mol. The molecule has 3 amide bonds. The van der Waals surface area contributed by atoms with Crippen molar-refractivity contribution in [3.05, 3.63) is 117 Å². The minimum Gasteiger partial charge on any atom is -0.496 e. The number of para-hydroxylation sites is 2. The van der Waals surface area contributed by atoms with E-state index in [9.17, 15) is 32.3 Å². The first kappa shape index (κ1) is 30.8. The van der Waals surface area contributed by atoms with Crippen molar-refractivity contribution in [1.29, 1.82) is 0 Å². The van der Waals surface area contributed by atoms with Crippen LogP contribution >= 0.6 is 23.1 Å². The summed E-state index contributed by atoms with van der Waals surface area (Å²) in [5, 5.41) is 3.73. The van der Waals surface area contributed by atoms with Gasteiger partial charge in [0, 0.05) is 27.4 Å². The summed E-state index contributed by atoms with van der Waals surface area (Å²) in [6.45, 7) is -0.389. The average Bonchev–Trinajstić information content (AvgIpc) is 3.50. The lowest BCUT2D eigenvalue weighted by atomic mass is 9.82. The van der Waals surface area contributed by atoms with Crippen LogP contribution in [0.5, 0.6) is 5.75 Å². The first-order valence-electron chi connectivity index (χ1n) is 14.4. The predicted octanol–water partition coefficient (Wildman–Crippen LogP) is 6.52. The summed E-state index contributed by atoms with van der Waals surface area (Å²) in [5.74, 6) is -3.81. The Balaban J connectivity index is 1.31. The highest BCUT2D eigenvalue weighted by Crippen LogP contribution is 2.55. The number of nitrogens with zero attached hydrogens (tertiary/aromatic N) is 2. The van der Waals surface area contributed by atoms with Gasteiger partial charge in [0.05, 0.1) is 29.3 Å². The maximum absolute atomic E-state index is 14.1. The molecule has 3 unspecified atom stereocenters.